The highest BCUT2D eigenvalue weighted by Crippen LogP contribution is 2.15. The molecule has 0 fully saturated rings. The van der Waals surface area contributed by atoms with Crippen molar-refractivity contribution >= 4 is 22.4 Å². The Morgan fingerprint density at radius 3 is 2.92 bits per heavy atom. The summed E-state index contributed by atoms with van der Waals surface area (Å²) < 4.78 is 0. The zero-order chi connectivity index (χ0) is 8.97. The molecule has 1 aromatic rings. The summed E-state index contributed by atoms with van der Waals surface area (Å²) >= 11 is 1.38. The van der Waals surface area contributed by atoms with Gasteiger partial charge in [-0.3, -0.25) is 4.79 Å². The predicted molar refractivity (Wildman–Crippen MR) is 45.4 cm³/mol. The fourth-order valence-corrected chi connectivity index (χ4v) is 1.36. The first-order valence-electron chi connectivity index (χ1n) is 3.44. The van der Waals surface area contributed by atoms with Crippen molar-refractivity contribution in [2.45, 2.75) is 12.8 Å². The Hall–Kier alpha value is -1.17. The van der Waals surface area contributed by atoms with Gasteiger partial charge in [0.1, 0.15) is 5.01 Å². The predicted octanol–water partition coefficient (Wildman–Crippen LogP) is 0.597. The molecule has 0 spiro atoms. The Labute approximate surface area is 73.4 Å². The van der Waals surface area contributed by atoms with Gasteiger partial charge in [0.2, 0.25) is 5.13 Å². The van der Waals surface area contributed by atoms with Gasteiger partial charge >= 0.3 is 5.97 Å². The summed E-state index contributed by atoms with van der Waals surface area (Å²) in [7, 11) is 1.75. The van der Waals surface area contributed by atoms with E-state index >= 15 is 0 Å². The van der Waals surface area contributed by atoms with Crippen LogP contribution in [0.3, 0.4) is 0 Å². The number of aryl methyl sites for hydroxylation is 1. The molecule has 0 saturated carbocycles. The SMILES string of the molecule is CNc1nnc(CCC(=O)O)s1. The summed E-state index contributed by atoms with van der Waals surface area (Å²) in [6.07, 6.45) is 0.563. The lowest BCUT2D eigenvalue weighted by atomic mass is 10.3. The van der Waals surface area contributed by atoms with Gasteiger partial charge in [0.25, 0.3) is 0 Å². The van der Waals surface area contributed by atoms with Crippen LogP contribution in [-0.2, 0) is 11.2 Å². The summed E-state index contributed by atoms with van der Waals surface area (Å²) in [5.41, 5.74) is 0. The highest BCUT2D eigenvalue weighted by atomic mass is 32.1. The number of carboxylic acid groups (broad SMARTS) is 1. The number of carbonyl (C=O) groups is 1. The first-order valence-corrected chi connectivity index (χ1v) is 4.26. The summed E-state index contributed by atoms with van der Waals surface area (Å²) in [5, 5.41) is 20.3. The zero-order valence-electron chi connectivity index (χ0n) is 6.57. The lowest BCUT2D eigenvalue weighted by molar-refractivity contribution is -0.136. The van der Waals surface area contributed by atoms with E-state index in [4.69, 9.17) is 5.11 Å². The molecule has 0 saturated heterocycles. The van der Waals surface area contributed by atoms with Crippen molar-refractivity contribution in [3.8, 4) is 0 Å². The summed E-state index contributed by atoms with van der Waals surface area (Å²) in [6.45, 7) is 0. The van der Waals surface area contributed by atoms with Gasteiger partial charge in [-0.25, -0.2) is 0 Å². The molecule has 12 heavy (non-hydrogen) atoms. The highest BCUT2D eigenvalue weighted by molar-refractivity contribution is 7.15. The van der Waals surface area contributed by atoms with Crippen LogP contribution in [0.4, 0.5) is 5.13 Å². The Kier molecular flexibility index (Phi) is 2.98. The lowest BCUT2D eigenvalue weighted by Gasteiger charge is -1.88. The normalized spacial score (nSPS) is 9.75. The van der Waals surface area contributed by atoms with Crippen molar-refractivity contribution in [2.24, 2.45) is 0 Å². The van der Waals surface area contributed by atoms with Gasteiger partial charge in [-0.05, 0) is 0 Å². The average Bonchev–Trinajstić information content (AvgIpc) is 2.48. The molecule has 6 heteroatoms. The number of anilines is 1. The monoisotopic (exact) mass is 187 g/mol. The largest absolute Gasteiger partial charge is 0.481 e. The van der Waals surface area contributed by atoms with Crippen LogP contribution in [0.5, 0.6) is 0 Å². The van der Waals surface area contributed by atoms with Crippen molar-refractivity contribution < 1.29 is 9.90 Å². The molecule has 1 aromatic heterocycles. The van der Waals surface area contributed by atoms with Crippen LogP contribution in [0, 0.1) is 0 Å². The molecule has 0 atom stereocenters. The molecule has 0 aliphatic rings. The Balaban J connectivity index is 2.47. The molecule has 0 amide bonds. The Morgan fingerprint density at radius 2 is 2.42 bits per heavy atom. The van der Waals surface area contributed by atoms with Crippen LogP contribution < -0.4 is 5.32 Å². The molecule has 1 heterocycles. The van der Waals surface area contributed by atoms with Gasteiger partial charge in [0, 0.05) is 13.5 Å². The molecule has 5 nitrogen and oxygen atoms in total. The number of hydrogen-bond donors (Lipinski definition) is 2. The molecule has 0 radical (unpaired) electrons. The number of hydrogen-bond acceptors (Lipinski definition) is 5. The summed E-state index contributed by atoms with van der Waals surface area (Å²) in [4.78, 5) is 10.2. The molecule has 0 aliphatic heterocycles. The van der Waals surface area contributed by atoms with Gasteiger partial charge in [-0.2, -0.15) is 0 Å². The zero-order valence-corrected chi connectivity index (χ0v) is 7.39. The second kappa shape index (κ2) is 4.01. The van der Waals surface area contributed by atoms with Gasteiger partial charge in [0.15, 0.2) is 0 Å². The molecule has 0 aromatic carbocycles. The second-order valence-electron chi connectivity index (χ2n) is 2.14. The van der Waals surface area contributed by atoms with Crippen LogP contribution in [0.15, 0.2) is 0 Å². The summed E-state index contributed by atoms with van der Waals surface area (Å²) in [6, 6.07) is 0. The Morgan fingerprint density at radius 1 is 1.67 bits per heavy atom. The van der Waals surface area contributed by atoms with Crippen LogP contribution in [0.25, 0.3) is 0 Å². The van der Waals surface area contributed by atoms with Gasteiger partial charge in [-0.15, -0.1) is 10.2 Å². The van der Waals surface area contributed by atoms with Crippen molar-refractivity contribution in [1.82, 2.24) is 10.2 Å². The number of nitrogens with one attached hydrogen (secondary N) is 1. The molecule has 1 rings (SSSR count). The number of carboxylic acids is 1. The van der Waals surface area contributed by atoms with E-state index in [2.05, 4.69) is 15.5 Å². The molecule has 0 aliphatic carbocycles. The van der Waals surface area contributed by atoms with Crippen LogP contribution >= 0.6 is 11.3 Å². The first-order chi connectivity index (χ1) is 5.72. The number of aliphatic carboxylic acids is 1. The van der Waals surface area contributed by atoms with Gasteiger partial charge < -0.3 is 10.4 Å². The molecular weight excluding hydrogens is 178 g/mol. The van der Waals surface area contributed by atoms with Crippen LogP contribution in [-0.4, -0.2) is 28.3 Å². The maximum atomic E-state index is 10.2. The minimum atomic E-state index is -0.809. The van der Waals surface area contributed by atoms with E-state index in [0.29, 0.717) is 6.42 Å². The minimum absolute atomic E-state index is 0.109. The summed E-state index contributed by atoms with van der Waals surface area (Å²) in [5.74, 6) is -0.809. The third kappa shape index (κ3) is 2.46. The molecular formula is C6H9N3O2S. The maximum absolute atomic E-state index is 10.2. The third-order valence-electron chi connectivity index (χ3n) is 1.23. The van der Waals surface area contributed by atoms with Crippen LogP contribution in [0.2, 0.25) is 0 Å². The van der Waals surface area contributed by atoms with E-state index in [1.807, 2.05) is 0 Å². The molecule has 2 N–H and O–H groups in total. The van der Waals surface area contributed by atoms with Crippen LogP contribution in [0.1, 0.15) is 11.4 Å². The quantitative estimate of drug-likeness (QED) is 0.721. The topological polar surface area (TPSA) is 75.1 Å². The smallest absolute Gasteiger partial charge is 0.303 e. The molecule has 0 bridgehead atoms. The average molecular weight is 187 g/mol. The number of rotatable bonds is 4. The third-order valence-corrected chi connectivity index (χ3v) is 2.23. The van der Waals surface area contributed by atoms with E-state index in [-0.39, 0.29) is 6.42 Å². The van der Waals surface area contributed by atoms with Crippen molar-refractivity contribution in [1.29, 1.82) is 0 Å². The van der Waals surface area contributed by atoms with Gasteiger partial charge in [0.05, 0.1) is 6.42 Å². The molecule has 0 unspecified atom stereocenters. The van der Waals surface area contributed by atoms with E-state index in [9.17, 15) is 4.79 Å². The van der Waals surface area contributed by atoms with Gasteiger partial charge in [-0.1, -0.05) is 11.3 Å². The maximum Gasteiger partial charge on any atom is 0.303 e. The van der Waals surface area contributed by atoms with E-state index in [1.165, 1.54) is 11.3 Å². The highest BCUT2D eigenvalue weighted by Gasteiger charge is 2.04. The lowest BCUT2D eigenvalue weighted by Crippen LogP contribution is -1.96. The van der Waals surface area contributed by atoms with Crippen molar-refractivity contribution in [3.05, 3.63) is 5.01 Å². The number of nitrogens with zero attached hydrogens (tertiary/aromatic N) is 2. The fraction of sp³-hybridized carbons (Fsp3) is 0.500. The fourth-order valence-electron chi connectivity index (χ4n) is 0.670. The number of aromatic nitrogens is 2. The molecule has 66 valence electrons. The van der Waals surface area contributed by atoms with Crippen molar-refractivity contribution in [3.63, 3.8) is 0 Å². The van der Waals surface area contributed by atoms with E-state index in [1.54, 1.807) is 7.05 Å². The van der Waals surface area contributed by atoms with Crippen molar-refractivity contribution in [2.75, 3.05) is 12.4 Å². The first kappa shape index (κ1) is 8.92. The minimum Gasteiger partial charge on any atom is -0.481 e. The van der Waals surface area contributed by atoms with E-state index in [0.717, 1.165) is 10.1 Å². The second-order valence-corrected chi connectivity index (χ2v) is 3.21. The standard InChI is InChI=1S/C6H9N3O2S/c1-7-6-9-8-4(12-6)2-3-5(10)11/h2-3H2,1H3,(H,7,9)(H,10,11). The van der Waals surface area contributed by atoms with E-state index < -0.39 is 5.97 Å². The Bertz CT molecular complexity index is 274.